The van der Waals surface area contributed by atoms with Gasteiger partial charge < -0.3 is 23.5 Å². The zero-order valence-electron chi connectivity index (χ0n) is 14.8. The Hall–Kier alpha value is -2.96. The van der Waals surface area contributed by atoms with E-state index >= 15 is 0 Å². The summed E-state index contributed by atoms with van der Waals surface area (Å²) in [6.45, 7) is 5.16. The number of nitrogens with zero attached hydrogens (tertiary/aromatic N) is 1. The molecule has 0 radical (unpaired) electrons. The highest BCUT2D eigenvalue weighted by molar-refractivity contribution is 5.92. The second kappa shape index (κ2) is 7.95. The third-order valence-corrected chi connectivity index (χ3v) is 4.12. The Morgan fingerprint density at radius 2 is 1.92 bits per heavy atom. The molecule has 2 aromatic rings. The maximum Gasteiger partial charge on any atom is 0.342 e. The van der Waals surface area contributed by atoms with E-state index in [0.29, 0.717) is 49.1 Å². The van der Waals surface area contributed by atoms with Crippen molar-refractivity contribution in [2.45, 2.75) is 20.4 Å². The van der Waals surface area contributed by atoms with Crippen LogP contribution in [0, 0.1) is 6.92 Å². The highest BCUT2D eigenvalue weighted by Crippen LogP contribution is 2.31. The lowest BCUT2D eigenvalue weighted by molar-refractivity contribution is -0.134. The summed E-state index contributed by atoms with van der Waals surface area (Å²) in [5.41, 5.74) is 1.24. The minimum atomic E-state index is -0.569. The maximum atomic E-state index is 12.4. The van der Waals surface area contributed by atoms with Gasteiger partial charge in [0.2, 0.25) is 0 Å². The van der Waals surface area contributed by atoms with E-state index in [1.165, 1.54) is 12.3 Å². The second-order valence-electron chi connectivity index (χ2n) is 5.85. The molecule has 0 N–H and O–H groups in total. The number of carbonyl (C=O) groups is 2. The molecule has 0 bridgehead atoms. The standard InChI is InChI=1S/C19H21NO6/c1-3-20(11-14-4-5-16-17(10-14)25-9-8-24-16)18(21)12-26-19(22)15-6-7-23-13(15)2/h4-7,10H,3,8-9,11-12H2,1-2H3. The normalized spacial score (nSPS) is 12.5. The topological polar surface area (TPSA) is 78.2 Å². The molecule has 7 heteroatoms. The Balaban J connectivity index is 1.58. The van der Waals surface area contributed by atoms with Crippen LogP contribution in [0.4, 0.5) is 0 Å². The monoisotopic (exact) mass is 359 g/mol. The van der Waals surface area contributed by atoms with Gasteiger partial charge in [0, 0.05) is 13.1 Å². The Morgan fingerprint density at radius 1 is 1.15 bits per heavy atom. The average Bonchev–Trinajstić information content (AvgIpc) is 3.09. The van der Waals surface area contributed by atoms with Crippen molar-refractivity contribution in [2.75, 3.05) is 26.4 Å². The van der Waals surface area contributed by atoms with Crippen LogP contribution in [0.3, 0.4) is 0 Å². The fraction of sp³-hybridized carbons (Fsp3) is 0.368. The molecule has 2 heterocycles. The predicted octanol–water partition coefficient (Wildman–Crippen LogP) is 2.56. The first-order valence-electron chi connectivity index (χ1n) is 8.46. The van der Waals surface area contributed by atoms with Gasteiger partial charge >= 0.3 is 5.97 Å². The molecule has 0 saturated heterocycles. The lowest BCUT2D eigenvalue weighted by Gasteiger charge is -2.23. The fourth-order valence-corrected chi connectivity index (χ4v) is 2.68. The molecule has 0 atom stereocenters. The van der Waals surface area contributed by atoms with Crippen LogP contribution in [0.2, 0.25) is 0 Å². The van der Waals surface area contributed by atoms with E-state index < -0.39 is 5.97 Å². The number of likely N-dealkylation sites (N-methyl/N-ethyl adjacent to an activating group) is 1. The van der Waals surface area contributed by atoms with E-state index in [1.54, 1.807) is 11.8 Å². The van der Waals surface area contributed by atoms with E-state index in [9.17, 15) is 9.59 Å². The number of carbonyl (C=O) groups excluding carboxylic acids is 2. The van der Waals surface area contributed by atoms with Crippen LogP contribution in [0.25, 0.3) is 0 Å². The van der Waals surface area contributed by atoms with Crippen molar-refractivity contribution in [2.24, 2.45) is 0 Å². The third-order valence-electron chi connectivity index (χ3n) is 4.12. The SMILES string of the molecule is CCN(Cc1ccc2c(c1)OCCO2)C(=O)COC(=O)c1ccoc1C. The van der Waals surface area contributed by atoms with Crippen molar-refractivity contribution in [3.8, 4) is 11.5 Å². The minimum Gasteiger partial charge on any atom is -0.486 e. The summed E-state index contributed by atoms with van der Waals surface area (Å²) in [5, 5.41) is 0. The van der Waals surface area contributed by atoms with E-state index in [1.807, 2.05) is 25.1 Å². The molecular formula is C19H21NO6. The summed E-state index contributed by atoms with van der Waals surface area (Å²) in [6, 6.07) is 7.12. The molecule has 1 aromatic carbocycles. The molecule has 1 aromatic heterocycles. The van der Waals surface area contributed by atoms with E-state index in [4.69, 9.17) is 18.6 Å². The number of esters is 1. The molecule has 0 spiro atoms. The molecule has 1 aliphatic heterocycles. The Morgan fingerprint density at radius 3 is 2.62 bits per heavy atom. The van der Waals surface area contributed by atoms with Gasteiger partial charge in [0.05, 0.1) is 6.26 Å². The molecule has 7 nitrogen and oxygen atoms in total. The Bertz CT molecular complexity index is 797. The van der Waals surface area contributed by atoms with Crippen molar-refractivity contribution >= 4 is 11.9 Å². The maximum absolute atomic E-state index is 12.4. The number of amides is 1. The van der Waals surface area contributed by atoms with Crippen LogP contribution in [0.5, 0.6) is 11.5 Å². The molecule has 1 aliphatic rings. The number of rotatable bonds is 6. The van der Waals surface area contributed by atoms with Gasteiger partial charge in [-0.1, -0.05) is 6.07 Å². The van der Waals surface area contributed by atoms with Gasteiger partial charge in [0.15, 0.2) is 18.1 Å². The summed E-state index contributed by atoms with van der Waals surface area (Å²) >= 11 is 0. The van der Waals surface area contributed by atoms with E-state index in [2.05, 4.69) is 0 Å². The Labute approximate surface area is 151 Å². The van der Waals surface area contributed by atoms with Gasteiger partial charge in [0.1, 0.15) is 24.5 Å². The van der Waals surface area contributed by atoms with Crippen molar-refractivity contribution in [3.05, 3.63) is 47.4 Å². The minimum absolute atomic E-state index is 0.267. The summed E-state index contributed by atoms with van der Waals surface area (Å²) in [4.78, 5) is 26.0. The zero-order valence-corrected chi connectivity index (χ0v) is 14.8. The van der Waals surface area contributed by atoms with Crippen LogP contribution in [-0.2, 0) is 16.1 Å². The largest absolute Gasteiger partial charge is 0.486 e. The summed E-state index contributed by atoms with van der Waals surface area (Å²) < 4.78 is 21.2. The Kier molecular flexibility index (Phi) is 5.46. The third kappa shape index (κ3) is 3.99. The number of aryl methyl sites for hydroxylation is 1. The van der Waals surface area contributed by atoms with Gasteiger partial charge in [-0.05, 0) is 37.6 Å². The molecule has 0 fully saturated rings. The lowest BCUT2D eigenvalue weighted by Crippen LogP contribution is -2.34. The summed E-state index contributed by atoms with van der Waals surface area (Å²) in [7, 11) is 0. The second-order valence-corrected chi connectivity index (χ2v) is 5.85. The van der Waals surface area contributed by atoms with Crippen LogP contribution in [-0.4, -0.2) is 43.1 Å². The van der Waals surface area contributed by atoms with Crippen molar-refractivity contribution in [1.29, 1.82) is 0 Å². The number of hydrogen-bond acceptors (Lipinski definition) is 6. The predicted molar refractivity (Wildman–Crippen MR) is 92.3 cm³/mol. The molecule has 1 amide bonds. The van der Waals surface area contributed by atoms with Crippen LogP contribution < -0.4 is 9.47 Å². The summed E-state index contributed by atoms with van der Waals surface area (Å²) in [5.74, 6) is 1.01. The van der Waals surface area contributed by atoms with Crippen molar-refractivity contribution in [1.82, 2.24) is 4.90 Å². The first-order chi connectivity index (χ1) is 12.6. The molecule has 26 heavy (non-hydrogen) atoms. The lowest BCUT2D eigenvalue weighted by atomic mass is 10.1. The molecule has 0 saturated carbocycles. The number of ether oxygens (including phenoxy) is 3. The zero-order chi connectivity index (χ0) is 18.5. The van der Waals surface area contributed by atoms with Gasteiger partial charge in [-0.25, -0.2) is 4.79 Å². The molecule has 0 aliphatic carbocycles. The first kappa shape index (κ1) is 17.8. The van der Waals surface area contributed by atoms with Crippen LogP contribution in [0.15, 0.2) is 34.9 Å². The average molecular weight is 359 g/mol. The number of furan rings is 1. The molecule has 0 unspecified atom stereocenters. The molecule has 138 valence electrons. The smallest absolute Gasteiger partial charge is 0.342 e. The first-order valence-corrected chi connectivity index (χ1v) is 8.46. The highest BCUT2D eigenvalue weighted by atomic mass is 16.6. The van der Waals surface area contributed by atoms with E-state index in [-0.39, 0.29) is 12.5 Å². The summed E-state index contributed by atoms with van der Waals surface area (Å²) in [6.07, 6.45) is 1.41. The van der Waals surface area contributed by atoms with Gasteiger partial charge in [-0.2, -0.15) is 0 Å². The molecule has 3 rings (SSSR count). The van der Waals surface area contributed by atoms with Crippen LogP contribution >= 0.6 is 0 Å². The quantitative estimate of drug-likeness (QED) is 0.738. The van der Waals surface area contributed by atoms with Crippen molar-refractivity contribution in [3.63, 3.8) is 0 Å². The molecular weight excluding hydrogens is 338 g/mol. The van der Waals surface area contributed by atoms with Crippen LogP contribution in [0.1, 0.15) is 28.6 Å². The number of hydrogen-bond donors (Lipinski definition) is 0. The van der Waals surface area contributed by atoms with Gasteiger partial charge in [-0.3, -0.25) is 4.79 Å². The highest BCUT2D eigenvalue weighted by Gasteiger charge is 2.19. The van der Waals surface area contributed by atoms with Crippen molar-refractivity contribution < 1.29 is 28.2 Å². The van der Waals surface area contributed by atoms with Gasteiger partial charge in [0.25, 0.3) is 5.91 Å². The fourth-order valence-electron chi connectivity index (χ4n) is 2.68. The van der Waals surface area contributed by atoms with E-state index in [0.717, 1.165) is 5.56 Å². The van der Waals surface area contributed by atoms with Gasteiger partial charge in [-0.15, -0.1) is 0 Å². The number of benzene rings is 1. The number of fused-ring (bicyclic) bond motifs is 1.